The molecule has 0 amide bonds. The number of unbranched alkanes of at least 4 members (excludes halogenated alkanes) is 8. The van der Waals surface area contributed by atoms with Crippen LogP contribution < -0.4 is 17.0 Å². The second-order valence-corrected chi connectivity index (χ2v) is 8.72. The average molecular weight is 457 g/mol. The number of benzene rings is 1. The molecule has 1 aromatic rings. The fraction of sp³-hybridized carbons (Fsp3) is 0.708. The zero-order valence-electron chi connectivity index (χ0n) is 18.6. The zero-order chi connectivity index (χ0) is 20.0. The number of carbonyl (C=O) groups is 1. The minimum atomic E-state index is -0.0375. The Kier molecular flexibility index (Phi) is 15.5. The fourth-order valence-electron chi connectivity index (χ4n) is 3.28. The zero-order valence-corrected chi connectivity index (χ0v) is 20.2. The quantitative estimate of drug-likeness (QED) is 0.231. The Bertz CT molecular complexity index is 499. The van der Waals surface area contributed by atoms with Gasteiger partial charge in [-0.05, 0) is 12.0 Å². The van der Waals surface area contributed by atoms with Crippen LogP contribution in [0.15, 0.2) is 30.3 Å². The molecule has 1 unspecified atom stereocenters. The highest BCUT2D eigenvalue weighted by molar-refractivity contribution is 5.69. The van der Waals surface area contributed by atoms with E-state index in [1.54, 1.807) is 0 Å². The van der Waals surface area contributed by atoms with E-state index in [1.165, 1.54) is 50.5 Å². The summed E-state index contributed by atoms with van der Waals surface area (Å²) in [5.41, 5.74) is 1.30. The fourth-order valence-corrected chi connectivity index (χ4v) is 3.28. The van der Waals surface area contributed by atoms with E-state index in [0.29, 0.717) is 13.0 Å². The van der Waals surface area contributed by atoms with E-state index in [1.807, 2.05) is 6.07 Å². The monoisotopic (exact) mass is 455 g/mol. The van der Waals surface area contributed by atoms with Gasteiger partial charge in [0.15, 0.2) is 0 Å². The largest absolute Gasteiger partial charge is 1.00 e. The first-order valence-corrected chi connectivity index (χ1v) is 10.9. The van der Waals surface area contributed by atoms with Crippen molar-refractivity contribution in [3.05, 3.63) is 35.9 Å². The molecular formula is C24H42BrNO2. The van der Waals surface area contributed by atoms with E-state index in [9.17, 15) is 4.79 Å². The summed E-state index contributed by atoms with van der Waals surface area (Å²) in [5.74, 6) is -0.0375. The number of rotatable bonds is 15. The maximum Gasteiger partial charge on any atom is 0.306 e. The summed E-state index contributed by atoms with van der Waals surface area (Å²) < 4.78 is 6.41. The number of hydrogen-bond acceptors (Lipinski definition) is 2. The van der Waals surface area contributed by atoms with Gasteiger partial charge in [0, 0.05) is 12.8 Å². The van der Waals surface area contributed by atoms with Crippen molar-refractivity contribution < 1.29 is 31.0 Å². The van der Waals surface area contributed by atoms with Crippen molar-refractivity contribution >= 4 is 5.97 Å². The van der Waals surface area contributed by atoms with E-state index in [0.717, 1.165) is 23.7 Å². The number of likely N-dealkylation sites (N-methyl/N-ethyl adjacent to an activating group) is 1. The molecule has 0 radical (unpaired) electrons. The van der Waals surface area contributed by atoms with Crippen LogP contribution in [0.3, 0.4) is 0 Å². The van der Waals surface area contributed by atoms with E-state index in [2.05, 4.69) is 52.3 Å². The maximum atomic E-state index is 12.1. The van der Waals surface area contributed by atoms with E-state index in [4.69, 9.17) is 4.74 Å². The lowest BCUT2D eigenvalue weighted by Gasteiger charge is -2.34. The van der Waals surface area contributed by atoms with Crippen molar-refractivity contribution in [2.75, 3.05) is 27.7 Å². The highest BCUT2D eigenvalue weighted by Crippen LogP contribution is 2.14. The van der Waals surface area contributed by atoms with Gasteiger partial charge in [0.25, 0.3) is 0 Å². The predicted molar refractivity (Wildman–Crippen MR) is 115 cm³/mol. The maximum absolute atomic E-state index is 12.1. The molecule has 0 fully saturated rings. The van der Waals surface area contributed by atoms with E-state index in [-0.39, 0.29) is 29.0 Å². The highest BCUT2D eigenvalue weighted by Gasteiger charge is 2.25. The second-order valence-electron chi connectivity index (χ2n) is 8.72. The van der Waals surface area contributed by atoms with Crippen LogP contribution in [0.4, 0.5) is 0 Å². The summed E-state index contributed by atoms with van der Waals surface area (Å²) in [6, 6.07) is 10.7. The highest BCUT2D eigenvalue weighted by atomic mass is 79.9. The normalized spacial score (nSPS) is 12.3. The Morgan fingerprint density at radius 3 is 1.96 bits per heavy atom. The minimum absolute atomic E-state index is 0. The van der Waals surface area contributed by atoms with Gasteiger partial charge in [-0.15, -0.1) is 0 Å². The van der Waals surface area contributed by atoms with Gasteiger partial charge in [0.05, 0.1) is 21.1 Å². The number of nitrogens with zero attached hydrogens (tertiary/aromatic N) is 1. The molecule has 0 aromatic heterocycles. The van der Waals surface area contributed by atoms with Crippen LogP contribution in [0.25, 0.3) is 0 Å². The van der Waals surface area contributed by atoms with Crippen LogP contribution in [0.2, 0.25) is 0 Å². The molecule has 4 heteroatoms. The molecule has 28 heavy (non-hydrogen) atoms. The summed E-state index contributed by atoms with van der Waals surface area (Å²) in [7, 11) is 6.51. The summed E-state index contributed by atoms with van der Waals surface area (Å²) >= 11 is 0. The van der Waals surface area contributed by atoms with E-state index < -0.39 is 0 Å². The van der Waals surface area contributed by atoms with Crippen molar-refractivity contribution in [2.24, 2.45) is 0 Å². The van der Waals surface area contributed by atoms with Gasteiger partial charge in [-0.3, -0.25) is 4.79 Å². The minimum Gasteiger partial charge on any atom is -1.00 e. The number of quaternary nitrogens is 1. The topological polar surface area (TPSA) is 26.3 Å². The van der Waals surface area contributed by atoms with Crippen LogP contribution in [0.1, 0.15) is 76.7 Å². The molecule has 0 saturated heterocycles. The van der Waals surface area contributed by atoms with Crippen molar-refractivity contribution in [2.45, 2.75) is 83.6 Å². The Hall–Kier alpha value is -0.870. The molecule has 162 valence electrons. The Morgan fingerprint density at radius 2 is 1.43 bits per heavy atom. The molecule has 1 aromatic carbocycles. The van der Waals surface area contributed by atoms with Gasteiger partial charge in [-0.2, -0.15) is 0 Å². The van der Waals surface area contributed by atoms with Crippen LogP contribution in [0.5, 0.6) is 0 Å². The lowest BCUT2D eigenvalue weighted by molar-refractivity contribution is -0.896. The molecule has 0 aliphatic heterocycles. The molecule has 0 aliphatic rings. The molecule has 1 atom stereocenters. The molecule has 0 spiro atoms. The first kappa shape index (κ1) is 27.1. The van der Waals surface area contributed by atoms with Crippen LogP contribution in [0, 0.1) is 0 Å². The summed E-state index contributed by atoms with van der Waals surface area (Å²) in [5, 5.41) is 0. The molecule has 1 rings (SSSR count). The summed E-state index contributed by atoms with van der Waals surface area (Å²) in [6.45, 7) is 2.75. The molecule has 0 heterocycles. The van der Waals surface area contributed by atoms with Crippen molar-refractivity contribution in [1.82, 2.24) is 0 Å². The summed E-state index contributed by atoms with van der Waals surface area (Å²) in [4.78, 5) is 12.1. The smallest absolute Gasteiger partial charge is 0.306 e. The third-order valence-electron chi connectivity index (χ3n) is 5.33. The van der Waals surface area contributed by atoms with Crippen molar-refractivity contribution in [3.8, 4) is 0 Å². The Balaban J connectivity index is 0.00000729. The third kappa shape index (κ3) is 13.3. The van der Waals surface area contributed by atoms with Crippen molar-refractivity contribution in [1.29, 1.82) is 0 Å². The van der Waals surface area contributed by atoms with Gasteiger partial charge < -0.3 is 26.2 Å². The standard InChI is InChI=1S/C24H42NO2.BrH/c1-5-6-7-8-9-10-11-12-16-19-24(26)27-21-23(25(2,3)4)20-22-17-14-13-15-18-22;/h13-15,17-18,23H,5-12,16,19-21H2,1-4H3;1H/q+1;/p-1. The molecule has 0 N–H and O–H groups in total. The SMILES string of the molecule is CCCCCCCCCCCC(=O)OCC(Cc1ccccc1)[N+](C)(C)C.[Br-]. The number of esters is 1. The van der Waals surface area contributed by atoms with E-state index >= 15 is 0 Å². The Labute approximate surface area is 184 Å². The van der Waals surface area contributed by atoms with Gasteiger partial charge in [0.1, 0.15) is 12.6 Å². The van der Waals surface area contributed by atoms with Crippen LogP contribution in [-0.4, -0.2) is 44.2 Å². The van der Waals surface area contributed by atoms with Gasteiger partial charge in [-0.25, -0.2) is 0 Å². The van der Waals surface area contributed by atoms with Gasteiger partial charge in [0.2, 0.25) is 0 Å². The van der Waals surface area contributed by atoms with Gasteiger partial charge >= 0.3 is 5.97 Å². The average Bonchev–Trinajstić information content (AvgIpc) is 2.63. The number of ether oxygens (including phenoxy) is 1. The van der Waals surface area contributed by atoms with Crippen molar-refractivity contribution in [3.63, 3.8) is 0 Å². The van der Waals surface area contributed by atoms with Gasteiger partial charge in [-0.1, -0.05) is 88.6 Å². The molecular weight excluding hydrogens is 414 g/mol. The third-order valence-corrected chi connectivity index (χ3v) is 5.33. The molecule has 0 saturated carbocycles. The Morgan fingerprint density at radius 1 is 0.893 bits per heavy atom. The van der Waals surface area contributed by atoms with Crippen LogP contribution >= 0.6 is 0 Å². The number of halogens is 1. The number of hydrogen-bond donors (Lipinski definition) is 0. The lowest BCUT2D eigenvalue weighted by Crippen LogP contribution is -3.00. The first-order chi connectivity index (χ1) is 12.9. The number of carbonyl (C=O) groups excluding carboxylic acids is 1. The first-order valence-electron chi connectivity index (χ1n) is 10.9. The summed E-state index contributed by atoms with van der Waals surface area (Å²) in [6.07, 6.45) is 12.9. The predicted octanol–water partition coefficient (Wildman–Crippen LogP) is 2.77. The molecule has 3 nitrogen and oxygen atoms in total. The lowest BCUT2D eigenvalue weighted by atomic mass is 10.0. The molecule has 0 bridgehead atoms. The van der Waals surface area contributed by atoms with Crippen LogP contribution in [-0.2, 0) is 16.0 Å². The molecule has 0 aliphatic carbocycles. The second kappa shape index (κ2) is 16.0.